The predicted molar refractivity (Wildman–Crippen MR) is 111 cm³/mol. The minimum absolute atomic E-state index is 0.00254. The van der Waals surface area contributed by atoms with Crippen LogP contribution in [0.15, 0.2) is 36.7 Å². The molecule has 1 saturated carbocycles. The number of ether oxygens (including phenoxy) is 1. The lowest BCUT2D eigenvalue weighted by atomic mass is 10.1. The molecule has 0 bridgehead atoms. The Morgan fingerprint density at radius 1 is 1.33 bits per heavy atom. The summed E-state index contributed by atoms with van der Waals surface area (Å²) in [5.41, 5.74) is 1.59. The molecule has 30 heavy (non-hydrogen) atoms. The van der Waals surface area contributed by atoms with Crippen molar-refractivity contribution < 1.29 is 18.8 Å². The van der Waals surface area contributed by atoms with Crippen molar-refractivity contribution in [1.29, 1.82) is 0 Å². The summed E-state index contributed by atoms with van der Waals surface area (Å²) in [6.45, 7) is 0.303. The molecule has 1 aliphatic rings. The van der Waals surface area contributed by atoms with Crippen LogP contribution in [-0.2, 0) is 16.2 Å². The topological polar surface area (TPSA) is 76.6 Å². The summed E-state index contributed by atoms with van der Waals surface area (Å²) in [6.07, 6.45) is 3.13. The van der Waals surface area contributed by atoms with Crippen molar-refractivity contribution >= 4 is 40.0 Å². The zero-order valence-electron chi connectivity index (χ0n) is 16.5. The van der Waals surface area contributed by atoms with Crippen LogP contribution >= 0.6 is 11.6 Å². The van der Waals surface area contributed by atoms with E-state index in [-0.39, 0.29) is 22.6 Å². The largest absolute Gasteiger partial charge is 0.496 e. The highest BCUT2D eigenvalue weighted by atomic mass is 35.5. The molecule has 1 heterocycles. The number of hydroxylamine groups is 2. The summed E-state index contributed by atoms with van der Waals surface area (Å²) < 4.78 is 19.8. The van der Waals surface area contributed by atoms with E-state index in [1.54, 1.807) is 32.4 Å². The number of fused-ring (bicyclic) bond motifs is 1. The fourth-order valence-corrected chi connectivity index (χ4v) is 3.26. The molecule has 2 aromatic carbocycles. The number of carbonyl (C=O) groups is 1. The molecule has 4 rings (SSSR count). The van der Waals surface area contributed by atoms with E-state index in [4.69, 9.17) is 21.2 Å². The van der Waals surface area contributed by atoms with Gasteiger partial charge >= 0.3 is 5.97 Å². The average Bonchev–Trinajstić information content (AvgIpc) is 3.57. The van der Waals surface area contributed by atoms with Gasteiger partial charge in [0.1, 0.15) is 17.9 Å². The van der Waals surface area contributed by atoms with E-state index in [0.29, 0.717) is 29.0 Å². The molecule has 0 radical (unpaired) electrons. The molecule has 0 spiro atoms. The highest BCUT2D eigenvalue weighted by Gasteiger charge is 2.32. The van der Waals surface area contributed by atoms with E-state index in [2.05, 4.69) is 15.3 Å². The number of nitrogens with one attached hydrogen (secondary N) is 1. The highest BCUT2D eigenvalue weighted by Crippen LogP contribution is 2.33. The van der Waals surface area contributed by atoms with E-state index < -0.39 is 5.82 Å². The molecule has 0 saturated heterocycles. The summed E-state index contributed by atoms with van der Waals surface area (Å²) in [4.78, 5) is 25.8. The van der Waals surface area contributed by atoms with Crippen LogP contribution in [0.2, 0.25) is 5.02 Å². The number of hydrogen-bond acceptors (Lipinski definition) is 7. The lowest BCUT2D eigenvalue weighted by molar-refractivity contribution is -0.188. The molecule has 1 N–H and O–H groups in total. The van der Waals surface area contributed by atoms with Crippen LogP contribution in [0.3, 0.4) is 0 Å². The molecular weight excluding hydrogens is 411 g/mol. The van der Waals surface area contributed by atoms with Gasteiger partial charge in [0.25, 0.3) is 0 Å². The van der Waals surface area contributed by atoms with Gasteiger partial charge in [0, 0.05) is 24.1 Å². The number of benzene rings is 2. The second-order valence-corrected chi connectivity index (χ2v) is 7.51. The smallest absolute Gasteiger partial charge is 0.328 e. The Hall–Kier alpha value is -2.97. The maximum Gasteiger partial charge on any atom is 0.328 e. The fourth-order valence-electron chi connectivity index (χ4n) is 3.09. The van der Waals surface area contributed by atoms with Crippen molar-refractivity contribution in [3.8, 4) is 5.75 Å². The monoisotopic (exact) mass is 430 g/mol. The van der Waals surface area contributed by atoms with Gasteiger partial charge in [-0.3, -0.25) is 4.79 Å². The molecule has 0 amide bonds. The zero-order chi connectivity index (χ0) is 21.3. The number of rotatable bonds is 7. The molecule has 1 fully saturated rings. The van der Waals surface area contributed by atoms with Crippen molar-refractivity contribution in [2.75, 3.05) is 19.5 Å². The zero-order valence-corrected chi connectivity index (χ0v) is 17.2. The quantitative estimate of drug-likeness (QED) is 0.554. The number of halogens is 2. The number of methoxy groups -OCH3 is 1. The van der Waals surface area contributed by atoms with E-state index in [9.17, 15) is 9.18 Å². The SMILES string of the molecule is COc1cc2ncnc(Nc3cccc(Cl)c3F)c2cc1CN(C)OC(=O)C1CC1. The van der Waals surface area contributed by atoms with Crippen LogP contribution < -0.4 is 10.1 Å². The van der Waals surface area contributed by atoms with E-state index >= 15 is 0 Å². The maximum absolute atomic E-state index is 14.3. The van der Waals surface area contributed by atoms with Crippen LogP contribution in [0.4, 0.5) is 15.9 Å². The standard InChI is InChI=1S/C21H20ClFN4O3/c1-27(30-21(28)12-6-7-12)10-13-8-14-17(9-18(13)29-2)24-11-25-20(14)26-16-5-3-4-15(22)19(16)23/h3-5,8-9,11-12H,6-7,10H2,1-2H3,(H,24,25,26). The summed E-state index contributed by atoms with van der Waals surface area (Å²) in [7, 11) is 3.24. The molecule has 0 unspecified atom stereocenters. The highest BCUT2D eigenvalue weighted by molar-refractivity contribution is 6.31. The lowest BCUT2D eigenvalue weighted by Crippen LogP contribution is -2.24. The van der Waals surface area contributed by atoms with Crippen molar-refractivity contribution in [1.82, 2.24) is 15.0 Å². The van der Waals surface area contributed by atoms with Crippen molar-refractivity contribution in [2.45, 2.75) is 19.4 Å². The first-order valence-corrected chi connectivity index (χ1v) is 9.79. The number of carbonyl (C=O) groups excluding carboxylic acids is 1. The Bertz CT molecular complexity index is 1110. The van der Waals surface area contributed by atoms with Crippen molar-refractivity contribution in [2.24, 2.45) is 5.92 Å². The predicted octanol–water partition coefficient (Wildman–Crippen LogP) is 4.47. The number of hydrogen-bond donors (Lipinski definition) is 1. The molecule has 3 aromatic rings. The second kappa shape index (κ2) is 8.41. The Morgan fingerprint density at radius 2 is 2.13 bits per heavy atom. The first kappa shape index (κ1) is 20.3. The van der Waals surface area contributed by atoms with Gasteiger partial charge in [0.05, 0.1) is 35.8 Å². The molecule has 9 heteroatoms. The molecular formula is C21H20ClFN4O3. The van der Waals surface area contributed by atoms with E-state index in [0.717, 1.165) is 18.4 Å². The Labute approximate surface area is 177 Å². The van der Waals surface area contributed by atoms with Crippen molar-refractivity contribution in [3.63, 3.8) is 0 Å². The van der Waals surface area contributed by atoms with Crippen LogP contribution in [0.25, 0.3) is 10.9 Å². The molecule has 1 aliphatic carbocycles. The van der Waals surface area contributed by atoms with Crippen molar-refractivity contribution in [3.05, 3.63) is 53.1 Å². The van der Waals surface area contributed by atoms with Gasteiger partial charge in [-0.05, 0) is 31.0 Å². The van der Waals surface area contributed by atoms with Gasteiger partial charge in [-0.15, -0.1) is 5.06 Å². The number of anilines is 2. The summed E-state index contributed by atoms with van der Waals surface area (Å²) in [5, 5.41) is 5.12. The van der Waals surface area contributed by atoms with Gasteiger partial charge in [-0.25, -0.2) is 14.4 Å². The van der Waals surface area contributed by atoms with E-state index in [1.807, 2.05) is 6.07 Å². The summed E-state index contributed by atoms with van der Waals surface area (Å²) in [6, 6.07) is 8.30. The Kier molecular flexibility index (Phi) is 5.69. The summed E-state index contributed by atoms with van der Waals surface area (Å²) in [5.74, 6) is 0.228. The average molecular weight is 431 g/mol. The second-order valence-electron chi connectivity index (χ2n) is 7.10. The molecule has 1 aromatic heterocycles. The van der Waals surface area contributed by atoms with Crippen LogP contribution in [0.1, 0.15) is 18.4 Å². The normalized spacial score (nSPS) is 13.5. The van der Waals surface area contributed by atoms with Crippen LogP contribution in [0, 0.1) is 11.7 Å². The van der Waals surface area contributed by atoms with Gasteiger partial charge in [-0.2, -0.15) is 0 Å². The number of nitrogens with zero attached hydrogens (tertiary/aromatic N) is 3. The molecule has 0 atom stereocenters. The third kappa shape index (κ3) is 4.29. The van der Waals surface area contributed by atoms with Crippen LogP contribution in [0.5, 0.6) is 5.75 Å². The Morgan fingerprint density at radius 3 is 2.87 bits per heavy atom. The van der Waals surface area contributed by atoms with Crippen LogP contribution in [-0.4, -0.2) is 35.2 Å². The van der Waals surface area contributed by atoms with Gasteiger partial charge in [0.2, 0.25) is 0 Å². The van der Waals surface area contributed by atoms with E-state index in [1.165, 1.54) is 17.5 Å². The van der Waals surface area contributed by atoms with Gasteiger partial charge < -0.3 is 14.9 Å². The lowest BCUT2D eigenvalue weighted by Gasteiger charge is -2.19. The Balaban J connectivity index is 1.66. The minimum atomic E-state index is -0.564. The first-order chi connectivity index (χ1) is 14.5. The van der Waals surface area contributed by atoms with Gasteiger partial charge in [-0.1, -0.05) is 17.7 Å². The summed E-state index contributed by atoms with van der Waals surface area (Å²) >= 11 is 5.88. The maximum atomic E-state index is 14.3. The van der Waals surface area contributed by atoms with Gasteiger partial charge in [0.15, 0.2) is 5.82 Å². The first-order valence-electron chi connectivity index (χ1n) is 9.42. The third-order valence-electron chi connectivity index (χ3n) is 4.79. The minimum Gasteiger partial charge on any atom is -0.496 e. The molecule has 0 aliphatic heterocycles. The third-order valence-corrected chi connectivity index (χ3v) is 5.08. The molecule has 156 valence electrons. The molecule has 7 nitrogen and oxygen atoms in total. The number of aromatic nitrogens is 2. The fraction of sp³-hybridized carbons (Fsp3) is 0.286.